The monoisotopic (exact) mass is 277 g/mol. The number of carbonyl (C=O) groups excluding carboxylic acids is 2. The Bertz CT molecular complexity index is 504. The number of hydrogen-bond acceptors (Lipinski definition) is 4. The Morgan fingerprint density at radius 1 is 1.55 bits per heavy atom. The highest BCUT2D eigenvalue weighted by atomic mass is 16.3. The molecule has 0 radical (unpaired) electrons. The van der Waals surface area contributed by atoms with Crippen LogP contribution in [0.15, 0.2) is 18.3 Å². The van der Waals surface area contributed by atoms with E-state index in [9.17, 15) is 14.7 Å². The van der Waals surface area contributed by atoms with E-state index in [2.05, 4.69) is 10.3 Å². The van der Waals surface area contributed by atoms with E-state index < -0.39 is 5.92 Å². The summed E-state index contributed by atoms with van der Waals surface area (Å²) in [6.07, 6.45) is 3.85. The Labute approximate surface area is 117 Å². The van der Waals surface area contributed by atoms with Gasteiger partial charge in [-0.1, -0.05) is 12.5 Å². The largest absolute Gasteiger partial charge is 0.392 e. The minimum absolute atomic E-state index is 0.151. The van der Waals surface area contributed by atoms with E-state index in [4.69, 9.17) is 0 Å². The van der Waals surface area contributed by atoms with Crippen molar-refractivity contribution in [2.24, 2.45) is 5.92 Å². The van der Waals surface area contributed by atoms with Crippen molar-refractivity contribution in [3.63, 3.8) is 0 Å². The third kappa shape index (κ3) is 3.14. The number of aliphatic hydroxyl groups is 1. The van der Waals surface area contributed by atoms with Gasteiger partial charge in [0.15, 0.2) is 0 Å². The topological polar surface area (TPSA) is 82.5 Å². The molecular formula is C14H19N3O3. The molecule has 1 saturated heterocycles. The second-order valence-corrected chi connectivity index (χ2v) is 4.97. The molecule has 2 N–H and O–H groups in total. The van der Waals surface area contributed by atoms with Gasteiger partial charge in [-0.15, -0.1) is 0 Å². The zero-order chi connectivity index (χ0) is 14.5. The number of anilines is 1. The van der Waals surface area contributed by atoms with Crippen LogP contribution in [-0.4, -0.2) is 40.4 Å². The van der Waals surface area contributed by atoms with Crippen LogP contribution in [0.2, 0.25) is 0 Å². The summed E-state index contributed by atoms with van der Waals surface area (Å²) in [5.74, 6) is -0.852. The van der Waals surface area contributed by atoms with Gasteiger partial charge in [0.2, 0.25) is 11.8 Å². The molecular weight excluding hydrogens is 258 g/mol. The van der Waals surface area contributed by atoms with E-state index in [0.717, 1.165) is 12.8 Å². The average molecular weight is 277 g/mol. The molecule has 1 atom stereocenters. The van der Waals surface area contributed by atoms with Crippen molar-refractivity contribution < 1.29 is 14.7 Å². The third-order valence-electron chi connectivity index (χ3n) is 3.53. The molecule has 0 saturated carbocycles. The van der Waals surface area contributed by atoms with Gasteiger partial charge < -0.3 is 15.3 Å². The Balaban J connectivity index is 2.12. The number of likely N-dealkylation sites (tertiary alicyclic amines) is 1. The summed E-state index contributed by atoms with van der Waals surface area (Å²) >= 11 is 0. The fourth-order valence-corrected chi connectivity index (χ4v) is 2.32. The van der Waals surface area contributed by atoms with Gasteiger partial charge in [-0.2, -0.15) is 0 Å². The summed E-state index contributed by atoms with van der Waals surface area (Å²) in [5.41, 5.74) is 0.537. The average Bonchev–Trinajstić information content (AvgIpc) is 2.62. The summed E-state index contributed by atoms with van der Waals surface area (Å²) in [7, 11) is 1.72. The first kappa shape index (κ1) is 14.5. The van der Waals surface area contributed by atoms with E-state index >= 15 is 0 Å². The molecule has 2 amide bonds. The van der Waals surface area contributed by atoms with Gasteiger partial charge in [0.05, 0.1) is 6.61 Å². The second-order valence-electron chi connectivity index (χ2n) is 4.97. The highest BCUT2D eigenvalue weighted by Gasteiger charge is 2.31. The van der Waals surface area contributed by atoms with Gasteiger partial charge in [0.25, 0.3) is 0 Å². The standard InChI is InChI=1S/C14H19N3O3/c1-17-8-3-2-6-11(14(17)20)13(19)16-12-10(9-18)5-4-7-15-12/h4-5,7,11,18H,2-3,6,8-9H2,1H3,(H,15,16,19)/t11-/m0/s1. The van der Waals surface area contributed by atoms with Crippen LogP contribution < -0.4 is 5.32 Å². The quantitative estimate of drug-likeness (QED) is 0.800. The molecule has 0 aliphatic carbocycles. The van der Waals surface area contributed by atoms with Crippen molar-refractivity contribution in [3.8, 4) is 0 Å². The van der Waals surface area contributed by atoms with E-state index in [1.54, 1.807) is 24.1 Å². The summed E-state index contributed by atoms with van der Waals surface area (Å²) in [4.78, 5) is 30.0. The number of carbonyl (C=O) groups is 2. The Kier molecular flexibility index (Phi) is 4.68. The number of rotatable bonds is 3. The number of aliphatic hydroxyl groups excluding tert-OH is 1. The minimum atomic E-state index is -0.670. The molecule has 0 spiro atoms. The van der Waals surface area contributed by atoms with Crippen LogP contribution in [0.3, 0.4) is 0 Å². The molecule has 1 aromatic rings. The maximum atomic E-state index is 12.3. The summed E-state index contributed by atoms with van der Waals surface area (Å²) in [6, 6.07) is 3.37. The van der Waals surface area contributed by atoms with Gasteiger partial charge in [0.1, 0.15) is 11.7 Å². The van der Waals surface area contributed by atoms with Crippen molar-refractivity contribution in [3.05, 3.63) is 23.9 Å². The first-order valence-corrected chi connectivity index (χ1v) is 6.74. The molecule has 0 bridgehead atoms. The maximum Gasteiger partial charge on any atom is 0.238 e. The molecule has 1 aromatic heterocycles. The number of pyridine rings is 1. The summed E-state index contributed by atoms with van der Waals surface area (Å²) in [5, 5.41) is 11.9. The molecule has 108 valence electrons. The number of amides is 2. The SMILES string of the molecule is CN1CCCC[C@@H](C(=O)Nc2ncccc2CO)C1=O. The lowest BCUT2D eigenvalue weighted by Crippen LogP contribution is -2.38. The van der Waals surface area contributed by atoms with Crippen LogP contribution in [0.25, 0.3) is 0 Å². The van der Waals surface area contributed by atoms with E-state index in [1.165, 1.54) is 6.20 Å². The molecule has 1 aliphatic rings. The lowest BCUT2D eigenvalue weighted by atomic mass is 10.0. The zero-order valence-corrected chi connectivity index (χ0v) is 11.5. The molecule has 2 rings (SSSR count). The zero-order valence-electron chi connectivity index (χ0n) is 11.5. The maximum absolute atomic E-state index is 12.3. The first-order valence-electron chi connectivity index (χ1n) is 6.74. The van der Waals surface area contributed by atoms with Crippen LogP contribution in [0.4, 0.5) is 5.82 Å². The van der Waals surface area contributed by atoms with Crippen LogP contribution in [0, 0.1) is 5.92 Å². The van der Waals surface area contributed by atoms with Gasteiger partial charge in [-0.25, -0.2) is 4.98 Å². The normalized spacial score (nSPS) is 19.6. The third-order valence-corrected chi connectivity index (χ3v) is 3.53. The number of nitrogens with one attached hydrogen (secondary N) is 1. The van der Waals surface area contributed by atoms with Crippen LogP contribution >= 0.6 is 0 Å². The number of aromatic nitrogens is 1. The molecule has 1 fully saturated rings. The van der Waals surface area contributed by atoms with Crippen molar-refractivity contribution in [1.29, 1.82) is 0 Å². The van der Waals surface area contributed by atoms with E-state index in [-0.39, 0.29) is 18.4 Å². The van der Waals surface area contributed by atoms with Crippen LogP contribution in [0.5, 0.6) is 0 Å². The number of nitrogens with zero attached hydrogens (tertiary/aromatic N) is 2. The highest BCUT2D eigenvalue weighted by Crippen LogP contribution is 2.20. The summed E-state index contributed by atoms with van der Waals surface area (Å²) in [6.45, 7) is 0.482. The smallest absolute Gasteiger partial charge is 0.238 e. The van der Waals surface area contributed by atoms with Gasteiger partial charge >= 0.3 is 0 Å². The second kappa shape index (κ2) is 6.47. The Morgan fingerprint density at radius 2 is 2.35 bits per heavy atom. The molecule has 6 heteroatoms. The molecule has 1 aliphatic heterocycles. The van der Waals surface area contributed by atoms with Gasteiger partial charge in [-0.05, 0) is 18.9 Å². The predicted octanol–water partition coefficient (Wildman–Crippen LogP) is 0.771. The molecule has 2 heterocycles. The van der Waals surface area contributed by atoms with Gasteiger partial charge in [0, 0.05) is 25.4 Å². The first-order chi connectivity index (χ1) is 9.63. The van der Waals surface area contributed by atoms with Crippen LogP contribution in [0.1, 0.15) is 24.8 Å². The lowest BCUT2D eigenvalue weighted by molar-refractivity contribution is -0.138. The Morgan fingerprint density at radius 3 is 3.10 bits per heavy atom. The minimum Gasteiger partial charge on any atom is -0.392 e. The fourth-order valence-electron chi connectivity index (χ4n) is 2.32. The van der Waals surface area contributed by atoms with Crippen molar-refractivity contribution >= 4 is 17.6 Å². The highest BCUT2D eigenvalue weighted by molar-refractivity contribution is 6.06. The van der Waals surface area contributed by atoms with Gasteiger partial charge in [-0.3, -0.25) is 9.59 Å². The molecule has 0 aromatic carbocycles. The van der Waals surface area contributed by atoms with Crippen molar-refractivity contribution in [1.82, 2.24) is 9.88 Å². The lowest BCUT2D eigenvalue weighted by Gasteiger charge is -2.19. The predicted molar refractivity (Wildman–Crippen MR) is 73.8 cm³/mol. The molecule has 0 unspecified atom stereocenters. The Hall–Kier alpha value is -1.95. The van der Waals surface area contributed by atoms with Crippen molar-refractivity contribution in [2.75, 3.05) is 18.9 Å². The molecule has 6 nitrogen and oxygen atoms in total. The van der Waals surface area contributed by atoms with Crippen LogP contribution in [-0.2, 0) is 16.2 Å². The van der Waals surface area contributed by atoms with E-state index in [0.29, 0.717) is 24.3 Å². The summed E-state index contributed by atoms with van der Waals surface area (Å²) < 4.78 is 0. The number of hydrogen-bond donors (Lipinski definition) is 2. The van der Waals surface area contributed by atoms with E-state index in [1.807, 2.05) is 0 Å². The fraction of sp³-hybridized carbons (Fsp3) is 0.500. The van der Waals surface area contributed by atoms with Crippen molar-refractivity contribution in [2.45, 2.75) is 25.9 Å². The molecule has 20 heavy (non-hydrogen) atoms.